The summed E-state index contributed by atoms with van der Waals surface area (Å²) < 4.78 is 48.8. The van der Waals surface area contributed by atoms with Crippen LogP contribution in [-0.4, -0.2) is 6.11 Å². The van der Waals surface area contributed by atoms with Gasteiger partial charge in [0.2, 0.25) is 0 Å². The van der Waals surface area contributed by atoms with Crippen molar-refractivity contribution in [1.29, 1.82) is 0 Å². The van der Waals surface area contributed by atoms with Gasteiger partial charge < -0.3 is 4.74 Å². The minimum atomic E-state index is -3.35. The van der Waals surface area contributed by atoms with Crippen LogP contribution in [0.4, 0.5) is 13.2 Å². The molecule has 2 aromatic carbocycles. The first kappa shape index (κ1) is 27.0. The Morgan fingerprint density at radius 1 is 0.861 bits per heavy atom. The molecule has 2 aliphatic rings. The Morgan fingerprint density at radius 2 is 1.47 bits per heavy atom. The Balaban J connectivity index is 1.28. The van der Waals surface area contributed by atoms with Crippen LogP contribution in [0.2, 0.25) is 0 Å². The summed E-state index contributed by atoms with van der Waals surface area (Å²) in [6, 6.07) is 12.6. The molecule has 0 unspecified atom stereocenters. The molecule has 2 fully saturated rings. The van der Waals surface area contributed by atoms with Gasteiger partial charge in [0.05, 0.1) is 13.0 Å². The van der Waals surface area contributed by atoms with Crippen molar-refractivity contribution in [2.24, 2.45) is 11.8 Å². The molecular weight excluding hydrogens is 457 g/mol. The minimum absolute atomic E-state index is 0.180. The number of hydrogen-bond acceptors (Lipinski definition) is 1. The maximum absolute atomic E-state index is 14.7. The molecule has 0 bridgehead atoms. The van der Waals surface area contributed by atoms with Crippen molar-refractivity contribution in [3.63, 3.8) is 0 Å². The molecule has 0 heterocycles. The highest BCUT2D eigenvalue weighted by atomic mass is 19.3. The zero-order chi connectivity index (χ0) is 25.5. The molecule has 196 valence electrons. The van der Waals surface area contributed by atoms with Crippen LogP contribution in [-0.2, 0) is 17.8 Å². The molecule has 1 nitrogen and oxygen atoms in total. The smallest absolute Gasteiger partial charge is 0.315 e. The van der Waals surface area contributed by atoms with Crippen molar-refractivity contribution in [3.8, 4) is 0 Å². The SMILES string of the molecule is C/C=C/C1CCC(c2ccc(COC(F)(F)Cc3ccc(C4CCC(CC)CC4)cc3)c(F)c2)CC1. The summed E-state index contributed by atoms with van der Waals surface area (Å²) >= 11 is 0. The van der Waals surface area contributed by atoms with Crippen molar-refractivity contribution in [1.82, 2.24) is 0 Å². The molecule has 0 aliphatic heterocycles. The van der Waals surface area contributed by atoms with Gasteiger partial charge in [-0.15, -0.1) is 0 Å². The molecule has 2 aromatic rings. The fourth-order valence-corrected chi connectivity index (χ4v) is 6.14. The molecule has 0 radical (unpaired) electrons. The van der Waals surface area contributed by atoms with Gasteiger partial charge >= 0.3 is 6.11 Å². The first-order valence-electron chi connectivity index (χ1n) is 13.9. The quantitative estimate of drug-likeness (QED) is 0.313. The number of alkyl halides is 2. The number of ether oxygens (including phenoxy) is 1. The van der Waals surface area contributed by atoms with E-state index in [1.165, 1.54) is 43.7 Å². The lowest BCUT2D eigenvalue weighted by Gasteiger charge is -2.28. The summed E-state index contributed by atoms with van der Waals surface area (Å²) in [5, 5.41) is 0. The second-order valence-electron chi connectivity index (χ2n) is 11.0. The van der Waals surface area contributed by atoms with Gasteiger partial charge in [-0.1, -0.05) is 61.9 Å². The van der Waals surface area contributed by atoms with Gasteiger partial charge in [-0.2, -0.15) is 8.78 Å². The minimum Gasteiger partial charge on any atom is -0.315 e. The molecule has 2 aliphatic carbocycles. The third kappa shape index (κ3) is 7.25. The van der Waals surface area contributed by atoms with E-state index in [4.69, 9.17) is 4.74 Å². The molecule has 0 spiro atoms. The van der Waals surface area contributed by atoms with Crippen LogP contribution < -0.4 is 0 Å². The van der Waals surface area contributed by atoms with Gasteiger partial charge in [-0.3, -0.25) is 0 Å². The van der Waals surface area contributed by atoms with Crippen LogP contribution in [0.3, 0.4) is 0 Å². The van der Waals surface area contributed by atoms with Gasteiger partial charge in [0, 0.05) is 5.56 Å². The Kier molecular flexibility index (Phi) is 9.33. The van der Waals surface area contributed by atoms with E-state index in [9.17, 15) is 13.2 Å². The van der Waals surface area contributed by atoms with Gasteiger partial charge in [0.25, 0.3) is 0 Å². The standard InChI is InChI=1S/C32H41F3O/c1-3-5-24-8-14-28(15-9-24)29-18-19-30(31(33)20-29)22-36-32(34,35)21-25-10-16-27(17-11-25)26-12-6-23(4-2)7-13-26/h3,5,10-11,16-20,23-24,26,28H,4,6-9,12-15,21-22H2,1-2H3/b5-3+. The number of benzene rings is 2. The zero-order valence-electron chi connectivity index (χ0n) is 21.8. The molecule has 36 heavy (non-hydrogen) atoms. The second kappa shape index (κ2) is 12.4. The van der Waals surface area contributed by atoms with Crippen LogP contribution in [0, 0.1) is 17.7 Å². The molecule has 0 atom stereocenters. The summed E-state index contributed by atoms with van der Waals surface area (Å²) in [4.78, 5) is 0. The number of hydrogen-bond donors (Lipinski definition) is 0. The van der Waals surface area contributed by atoms with E-state index < -0.39 is 25.0 Å². The van der Waals surface area contributed by atoms with E-state index in [1.807, 2.05) is 25.1 Å². The van der Waals surface area contributed by atoms with Crippen molar-refractivity contribution in [2.75, 3.05) is 0 Å². The Bertz CT molecular complexity index is 981. The van der Waals surface area contributed by atoms with Gasteiger partial charge in [-0.25, -0.2) is 4.39 Å². The van der Waals surface area contributed by atoms with Crippen LogP contribution in [0.1, 0.15) is 106 Å². The maximum atomic E-state index is 14.7. The number of allylic oxidation sites excluding steroid dienone is 2. The highest BCUT2D eigenvalue weighted by Gasteiger charge is 2.31. The molecule has 0 aromatic heterocycles. The Hall–Kier alpha value is -2.07. The van der Waals surface area contributed by atoms with Crippen molar-refractivity contribution in [3.05, 3.63) is 82.7 Å². The summed E-state index contributed by atoms with van der Waals surface area (Å²) in [5.41, 5.74) is 2.93. The highest BCUT2D eigenvalue weighted by Crippen LogP contribution is 2.38. The predicted octanol–water partition coefficient (Wildman–Crippen LogP) is 9.71. The Labute approximate surface area is 215 Å². The third-order valence-corrected chi connectivity index (χ3v) is 8.51. The average Bonchev–Trinajstić information content (AvgIpc) is 2.89. The van der Waals surface area contributed by atoms with Crippen LogP contribution in [0.25, 0.3) is 0 Å². The van der Waals surface area contributed by atoms with E-state index >= 15 is 0 Å². The number of halogens is 3. The predicted molar refractivity (Wildman–Crippen MR) is 141 cm³/mol. The monoisotopic (exact) mass is 498 g/mol. The third-order valence-electron chi connectivity index (χ3n) is 8.51. The van der Waals surface area contributed by atoms with Gasteiger partial charge in [-0.05, 0) is 105 Å². The van der Waals surface area contributed by atoms with Crippen LogP contribution >= 0.6 is 0 Å². The molecular formula is C32H41F3O. The van der Waals surface area contributed by atoms with Crippen molar-refractivity contribution < 1.29 is 17.9 Å². The first-order chi connectivity index (χ1) is 17.4. The normalized spacial score (nSPS) is 25.4. The lowest BCUT2D eigenvalue weighted by atomic mass is 9.78. The largest absolute Gasteiger partial charge is 0.360 e. The van der Waals surface area contributed by atoms with E-state index in [2.05, 4.69) is 19.1 Å². The summed E-state index contributed by atoms with van der Waals surface area (Å²) in [6.45, 7) is 3.86. The average molecular weight is 499 g/mol. The molecule has 4 heteroatoms. The fraction of sp³-hybridized carbons (Fsp3) is 0.562. The van der Waals surface area contributed by atoms with Gasteiger partial charge in [0.15, 0.2) is 0 Å². The lowest BCUT2D eigenvalue weighted by Crippen LogP contribution is -2.24. The molecule has 0 saturated heterocycles. The highest BCUT2D eigenvalue weighted by molar-refractivity contribution is 5.28. The fourth-order valence-electron chi connectivity index (χ4n) is 6.14. The Morgan fingerprint density at radius 3 is 2.08 bits per heavy atom. The molecule has 0 amide bonds. The molecule has 4 rings (SSSR count). The summed E-state index contributed by atoms with van der Waals surface area (Å²) in [5.74, 6) is 1.86. The second-order valence-corrected chi connectivity index (χ2v) is 11.0. The molecule has 2 saturated carbocycles. The van der Waals surface area contributed by atoms with E-state index in [-0.39, 0.29) is 5.56 Å². The van der Waals surface area contributed by atoms with Crippen LogP contribution in [0.5, 0.6) is 0 Å². The topological polar surface area (TPSA) is 9.23 Å². The summed E-state index contributed by atoms with van der Waals surface area (Å²) in [6.07, 6.45) is 10.9. The summed E-state index contributed by atoms with van der Waals surface area (Å²) in [7, 11) is 0. The van der Waals surface area contributed by atoms with E-state index in [0.717, 1.165) is 37.2 Å². The zero-order valence-corrected chi connectivity index (χ0v) is 21.8. The van der Waals surface area contributed by atoms with Crippen LogP contribution in [0.15, 0.2) is 54.6 Å². The number of rotatable bonds is 9. The van der Waals surface area contributed by atoms with Gasteiger partial charge in [0.1, 0.15) is 5.82 Å². The lowest BCUT2D eigenvalue weighted by molar-refractivity contribution is -0.244. The van der Waals surface area contributed by atoms with Crippen molar-refractivity contribution in [2.45, 2.75) is 103 Å². The maximum Gasteiger partial charge on any atom is 0.360 e. The van der Waals surface area contributed by atoms with E-state index in [0.29, 0.717) is 23.3 Å². The first-order valence-corrected chi connectivity index (χ1v) is 13.9. The van der Waals surface area contributed by atoms with Crippen molar-refractivity contribution >= 4 is 0 Å². The van der Waals surface area contributed by atoms with E-state index in [1.54, 1.807) is 18.2 Å². The molecule has 0 N–H and O–H groups in total.